The molecule has 4 rings (SSSR count). The zero-order valence-electron chi connectivity index (χ0n) is 18.7. The molecule has 168 valence electrons. The first kappa shape index (κ1) is 22.0. The third kappa shape index (κ3) is 4.37. The van der Waals surface area contributed by atoms with Gasteiger partial charge in [0.2, 0.25) is 0 Å². The van der Waals surface area contributed by atoms with E-state index in [4.69, 9.17) is 0 Å². The fourth-order valence-electron chi connectivity index (χ4n) is 4.59. The number of alkyl halides is 1. The lowest BCUT2D eigenvalue weighted by Crippen LogP contribution is -2.33. The number of tetrazole rings is 1. The maximum atomic E-state index is 14.8. The van der Waals surface area contributed by atoms with E-state index in [1.165, 1.54) is 17.1 Å². The van der Waals surface area contributed by atoms with E-state index in [1.807, 2.05) is 0 Å². The van der Waals surface area contributed by atoms with Crippen LogP contribution in [0.3, 0.4) is 0 Å². The van der Waals surface area contributed by atoms with Gasteiger partial charge in [-0.25, -0.2) is 9.37 Å². The standard InChI is InChI=1S/C23H28FN7O/c1-5-9-23(4)10-8-19(24)18(12-23)14(2)22-25-13-20(27-28-22)17-7-6-16(11-21(17)32)31-29-15(3)26-30-31/h6-7,11,13,18-19,32H,2,5,8-10,12H2,1,3-4H3/t18-,19+,23+/m0/s1. The van der Waals surface area contributed by atoms with Crippen LogP contribution in [0.25, 0.3) is 22.5 Å². The van der Waals surface area contributed by atoms with Crippen LogP contribution in [-0.2, 0) is 0 Å². The van der Waals surface area contributed by atoms with Crippen molar-refractivity contribution in [1.29, 1.82) is 0 Å². The molecule has 0 aliphatic heterocycles. The van der Waals surface area contributed by atoms with Crippen LogP contribution in [0.1, 0.15) is 57.6 Å². The predicted molar refractivity (Wildman–Crippen MR) is 119 cm³/mol. The summed E-state index contributed by atoms with van der Waals surface area (Å²) >= 11 is 0. The number of rotatable bonds is 6. The summed E-state index contributed by atoms with van der Waals surface area (Å²) in [5.41, 5.74) is 2.15. The highest BCUT2D eigenvalue weighted by molar-refractivity contribution is 5.68. The highest BCUT2D eigenvalue weighted by Gasteiger charge is 2.39. The van der Waals surface area contributed by atoms with Gasteiger partial charge in [0.25, 0.3) is 0 Å². The largest absolute Gasteiger partial charge is 0.507 e. The molecule has 1 aliphatic carbocycles. The Bertz CT molecular complexity index is 1110. The average molecular weight is 438 g/mol. The van der Waals surface area contributed by atoms with Crippen molar-refractivity contribution in [1.82, 2.24) is 35.4 Å². The molecule has 0 spiro atoms. The molecular formula is C23H28FN7O. The number of benzene rings is 1. The predicted octanol–water partition coefficient (Wildman–Crippen LogP) is 4.49. The Kier molecular flexibility index (Phi) is 5.99. The number of hydrogen-bond donors (Lipinski definition) is 1. The Hall–Kier alpha value is -3.23. The van der Waals surface area contributed by atoms with Crippen LogP contribution in [0, 0.1) is 18.3 Å². The number of allylic oxidation sites excluding steroid dienone is 1. The lowest BCUT2D eigenvalue weighted by molar-refractivity contribution is 0.0934. The highest BCUT2D eigenvalue weighted by atomic mass is 19.1. The number of phenolic OH excluding ortho intramolecular Hbond substituents is 1. The van der Waals surface area contributed by atoms with Crippen molar-refractivity contribution in [3.8, 4) is 22.7 Å². The fraction of sp³-hybridized carbons (Fsp3) is 0.478. The van der Waals surface area contributed by atoms with E-state index in [1.54, 1.807) is 19.1 Å². The first-order chi connectivity index (χ1) is 15.3. The van der Waals surface area contributed by atoms with E-state index in [-0.39, 0.29) is 17.1 Å². The molecule has 1 fully saturated rings. The number of phenols is 1. The van der Waals surface area contributed by atoms with E-state index in [0.717, 1.165) is 25.7 Å². The van der Waals surface area contributed by atoms with Crippen molar-refractivity contribution in [2.75, 3.05) is 0 Å². The Morgan fingerprint density at radius 2 is 2.12 bits per heavy atom. The van der Waals surface area contributed by atoms with Gasteiger partial charge in [-0.15, -0.1) is 25.2 Å². The second-order valence-electron chi connectivity index (χ2n) is 8.95. The third-order valence-corrected chi connectivity index (χ3v) is 6.32. The maximum absolute atomic E-state index is 14.8. The van der Waals surface area contributed by atoms with Crippen LogP contribution in [0.4, 0.5) is 4.39 Å². The van der Waals surface area contributed by atoms with Gasteiger partial charge in [-0.3, -0.25) is 0 Å². The van der Waals surface area contributed by atoms with Gasteiger partial charge < -0.3 is 5.11 Å². The molecule has 1 saturated carbocycles. The number of aromatic hydroxyl groups is 1. The smallest absolute Gasteiger partial charge is 0.177 e. The first-order valence-corrected chi connectivity index (χ1v) is 10.9. The van der Waals surface area contributed by atoms with E-state index in [0.29, 0.717) is 40.6 Å². The molecule has 0 bridgehead atoms. The SMILES string of the molecule is C=C(c1ncc(-c2ccc(-n3nnc(C)n3)cc2O)nn1)[C@@H]1C[C@](C)(CCC)CC[C@H]1F. The normalized spacial score (nSPS) is 23.2. The summed E-state index contributed by atoms with van der Waals surface area (Å²) in [4.78, 5) is 5.73. The lowest BCUT2D eigenvalue weighted by Gasteiger charge is -2.40. The molecule has 0 saturated heterocycles. The van der Waals surface area contributed by atoms with Gasteiger partial charge in [0.15, 0.2) is 11.6 Å². The van der Waals surface area contributed by atoms with E-state index in [2.05, 4.69) is 51.0 Å². The van der Waals surface area contributed by atoms with Gasteiger partial charge >= 0.3 is 0 Å². The van der Waals surface area contributed by atoms with Crippen LogP contribution in [0.15, 0.2) is 31.0 Å². The van der Waals surface area contributed by atoms with Crippen LogP contribution >= 0.6 is 0 Å². The van der Waals surface area contributed by atoms with Gasteiger partial charge in [0, 0.05) is 17.5 Å². The van der Waals surface area contributed by atoms with Crippen molar-refractivity contribution >= 4 is 5.57 Å². The minimum Gasteiger partial charge on any atom is -0.507 e. The molecule has 0 amide bonds. The summed E-state index contributed by atoms with van der Waals surface area (Å²) in [5.74, 6) is 0.564. The monoisotopic (exact) mass is 437 g/mol. The molecule has 0 radical (unpaired) electrons. The van der Waals surface area contributed by atoms with Crippen molar-refractivity contribution in [3.63, 3.8) is 0 Å². The summed E-state index contributed by atoms with van der Waals surface area (Å²) in [6.45, 7) is 10.2. The number of hydrogen-bond acceptors (Lipinski definition) is 7. The second kappa shape index (κ2) is 8.72. The van der Waals surface area contributed by atoms with Gasteiger partial charge in [-0.1, -0.05) is 26.8 Å². The topological polar surface area (TPSA) is 102 Å². The van der Waals surface area contributed by atoms with Gasteiger partial charge in [-0.2, -0.15) is 0 Å². The quantitative estimate of drug-likeness (QED) is 0.606. The lowest BCUT2D eigenvalue weighted by atomic mass is 9.66. The van der Waals surface area contributed by atoms with E-state index in [9.17, 15) is 9.50 Å². The van der Waals surface area contributed by atoms with Gasteiger partial charge in [0.05, 0.1) is 11.9 Å². The van der Waals surface area contributed by atoms with Gasteiger partial charge in [-0.05, 0) is 60.9 Å². The zero-order valence-corrected chi connectivity index (χ0v) is 18.7. The second-order valence-corrected chi connectivity index (χ2v) is 8.95. The molecule has 32 heavy (non-hydrogen) atoms. The van der Waals surface area contributed by atoms with Gasteiger partial charge in [0.1, 0.15) is 17.6 Å². The number of nitrogens with zero attached hydrogens (tertiary/aromatic N) is 7. The summed E-state index contributed by atoms with van der Waals surface area (Å²) in [7, 11) is 0. The minimum absolute atomic E-state index is 0.00781. The molecule has 3 atom stereocenters. The Morgan fingerprint density at radius 3 is 2.75 bits per heavy atom. The fourth-order valence-corrected chi connectivity index (χ4v) is 4.59. The molecule has 9 heteroatoms. The Morgan fingerprint density at radius 1 is 1.31 bits per heavy atom. The molecule has 3 aromatic rings. The number of aromatic nitrogens is 7. The number of halogens is 1. The maximum Gasteiger partial charge on any atom is 0.177 e. The highest BCUT2D eigenvalue weighted by Crippen LogP contribution is 2.47. The van der Waals surface area contributed by atoms with Crippen molar-refractivity contribution < 1.29 is 9.50 Å². The Labute approximate surface area is 186 Å². The summed E-state index contributed by atoms with van der Waals surface area (Å²) in [6, 6.07) is 4.96. The van der Waals surface area contributed by atoms with Crippen LogP contribution < -0.4 is 0 Å². The van der Waals surface area contributed by atoms with Crippen molar-refractivity contribution in [2.45, 2.75) is 59.0 Å². The van der Waals surface area contributed by atoms with Crippen molar-refractivity contribution in [2.24, 2.45) is 11.3 Å². The molecule has 1 aliphatic rings. The number of aryl methyl sites for hydroxylation is 1. The molecule has 8 nitrogen and oxygen atoms in total. The van der Waals surface area contributed by atoms with E-state index < -0.39 is 6.17 Å². The van der Waals surface area contributed by atoms with Crippen molar-refractivity contribution in [3.05, 3.63) is 42.6 Å². The molecule has 0 unspecified atom stereocenters. The average Bonchev–Trinajstić information content (AvgIpc) is 3.22. The minimum atomic E-state index is -0.943. The van der Waals surface area contributed by atoms with E-state index >= 15 is 0 Å². The summed E-state index contributed by atoms with van der Waals surface area (Å²) in [5, 5.41) is 30.8. The summed E-state index contributed by atoms with van der Waals surface area (Å²) < 4.78 is 14.8. The third-order valence-electron chi connectivity index (χ3n) is 6.32. The van der Waals surface area contributed by atoms with Crippen LogP contribution in [0.2, 0.25) is 0 Å². The Balaban J connectivity index is 1.53. The summed E-state index contributed by atoms with van der Waals surface area (Å²) in [6.07, 6.45) is 4.90. The molecular weight excluding hydrogens is 409 g/mol. The molecule has 1 N–H and O–H groups in total. The molecule has 2 heterocycles. The molecule has 1 aromatic carbocycles. The van der Waals surface area contributed by atoms with Crippen LogP contribution in [-0.4, -0.2) is 46.7 Å². The zero-order chi connectivity index (χ0) is 22.9. The molecule has 2 aromatic heterocycles. The first-order valence-electron chi connectivity index (χ1n) is 10.9. The van der Waals surface area contributed by atoms with Crippen LogP contribution in [0.5, 0.6) is 5.75 Å².